The van der Waals surface area contributed by atoms with E-state index in [4.69, 9.17) is 4.74 Å². The number of aliphatic carboxylic acids is 1. The second kappa shape index (κ2) is 10.0. The van der Waals surface area contributed by atoms with Crippen molar-refractivity contribution in [1.29, 1.82) is 0 Å². The number of amides is 1. The minimum absolute atomic E-state index is 0.425. The van der Waals surface area contributed by atoms with Crippen LogP contribution in [0.3, 0.4) is 0 Å². The average molecular weight is 452 g/mol. The zero-order chi connectivity index (χ0) is 24.0. The molecule has 0 aromatic heterocycles. The van der Waals surface area contributed by atoms with Crippen LogP contribution in [0.5, 0.6) is 5.75 Å². The molecule has 0 radical (unpaired) electrons. The molecule has 0 saturated heterocycles. The van der Waals surface area contributed by atoms with Gasteiger partial charge in [-0.05, 0) is 41.0 Å². The van der Waals surface area contributed by atoms with Gasteiger partial charge in [-0.2, -0.15) is 0 Å². The van der Waals surface area contributed by atoms with Gasteiger partial charge < -0.3 is 15.2 Å². The maximum atomic E-state index is 14.0. The number of hydrogen-bond donors (Lipinski definition) is 2. The second-order valence-electron chi connectivity index (χ2n) is 7.91. The highest BCUT2D eigenvalue weighted by atomic mass is 16.5. The normalized spacial score (nSPS) is 11.9. The number of carbonyl (C=O) groups excluding carboxylic acids is 1. The number of nitrogens with one attached hydrogen (secondary N) is 1. The zero-order valence-electron chi connectivity index (χ0n) is 18.7. The maximum Gasteiger partial charge on any atom is 0.319 e. The van der Waals surface area contributed by atoms with Crippen molar-refractivity contribution in [1.82, 2.24) is 0 Å². The largest absolute Gasteiger partial charge is 0.497 e. The highest BCUT2D eigenvalue weighted by Crippen LogP contribution is 2.46. The van der Waals surface area contributed by atoms with Crippen LogP contribution in [0, 0.1) is 0 Å². The average Bonchev–Trinajstić information content (AvgIpc) is 2.89. The van der Waals surface area contributed by atoms with E-state index in [-0.39, 0.29) is 0 Å². The highest BCUT2D eigenvalue weighted by Gasteiger charge is 2.53. The zero-order valence-corrected chi connectivity index (χ0v) is 18.7. The van der Waals surface area contributed by atoms with Crippen LogP contribution in [-0.2, 0) is 15.0 Å². The first-order chi connectivity index (χ1) is 16.6. The highest BCUT2D eigenvalue weighted by molar-refractivity contribution is 6.03. The van der Waals surface area contributed by atoms with Crippen LogP contribution in [0.15, 0.2) is 115 Å². The summed E-state index contributed by atoms with van der Waals surface area (Å²) in [5, 5.41) is 13.8. The van der Waals surface area contributed by atoms with Crippen molar-refractivity contribution in [2.75, 3.05) is 12.4 Å². The Labute approximate surface area is 198 Å². The second-order valence-corrected chi connectivity index (χ2v) is 7.91. The standard InChI is InChI=1S/C29H25NO4/c1-34-25-19-17-24(18-20-25)30-27(31)26(21-11-5-2-6-12-21)29(28(32)33,22-13-7-3-8-14-22)23-15-9-4-10-16-23/h2-20,26H,1H3,(H,30,31)(H,32,33). The Morgan fingerprint density at radius 3 is 1.65 bits per heavy atom. The molecule has 5 nitrogen and oxygen atoms in total. The number of carboxylic acids is 1. The Morgan fingerprint density at radius 1 is 0.735 bits per heavy atom. The lowest BCUT2D eigenvalue weighted by Gasteiger charge is -2.37. The first kappa shape index (κ1) is 22.8. The Morgan fingerprint density at radius 2 is 1.21 bits per heavy atom. The van der Waals surface area contributed by atoms with Crippen molar-refractivity contribution >= 4 is 17.6 Å². The Hall–Kier alpha value is -4.38. The Kier molecular flexibility index (Phi) is 6.74. The SMILES string of the molecule is COc1ccc(NC(=O)C(c2ccccc2)C(C(=O)O)(c2ccccc2)c2ccccc2)cc1. The molecule has 34 heavy (non-hydrogen) atoms. The Balaban J connectivity index is 1.94. The van der Waals surface area contributed by atoms with E-state index in [2.05, 4.69) is 5.32 Å². The number of anilines is 1. The van der Waals surface area contributed by atoms with Crippen LogP contribution < -0.4 is 10.1 Å². The molecule has 0 saturated carbocycles. The summed E-state index contributed by atoms with van der Waals surface area (Å²) in [6.45, 7) is 0. The topological polar surface area (TPSA) is 75.6 Å². The van der Waals surface area contributed by atoms with Gasteiger partial charge in [0.2, 0.25) is 5.91 Å². The molecule has 0 aliphatic carbocycles. The minimum Gasteiger partial charge on any atom is -0.497 e. The van der Waals surface area contributed by atoms with Crippen LogP contribution >= 0.6 is 0 Å². The van der Waals surface area contributed by atoms with Crippen molar-refractivity contribution in [3.8, 4) is 5.75 Å². The van der Waals surface area contributed by atoms with E-state index in [1.807, 2.05) is 30.3 Å². The molecule has 0 heterocycles. The van der Waals surface area contributed by atoms with Gasteiger partial charge in [0.05, 0.1) is 13.0 Å². The van der Waals surface area contributed by atoms with Crippen LogP contribution in [0.1, 0.15) is 22.6 Å². The predicted molar refractivity (Wildman–Crippen MR) is 132 cm³/mol. The fourth-order valence-corrected chi connectivity index (χ4v) is 4.40. The summed E-state index contributed by atoms with van der Waals surface area (Å²) < 4.78 is 5.20. The number of methoxy groups -OCH3 is 1. The van der Waals surface area contributed by atoms with Gasteiger partial charge >= 0.3 is 5.97 Å². The molecule has 4 rings (SSSR count). The molecule has 1 amide bonds. The van der Waals surface area contributed by atoms with Gasteiger partial charge in [-0.25, -0.2) is 0 Å². The van der Waals surface area contributed by atoms with Gasteiger partial charge in [0.1, 0.15) is 11.2 Å². The lowest BCUT2D eigenvalue weighted by Crippen LogP contribution is -2.47. The van der Waals surface area contributed by atoms with Gasteiger partial charge in [0.25, 0.3) is 0 Å². The fraction of sp³-hybridized carbons (Fsp3) is 0.103. The van der Waals surface area contributed by atoms with E-state index in [0.29, 0.717) is 28.1 Å². The first-order valence-corrected chi connectivity index (χ1v) is 10.9. The van der Waals surface area contributed by atoms with Crippen LogP contribution in [0.4, 0.5) is 5.69 Å². The summed E-state index contributed by atoms with van der Waals surface area (Å²) in [7, 11) is 1.57. The van der Waals surface area contributed by atoms with Gasteiger partial charge in [0.15, 0.2) is 0 Å². The summed E-state index contributed by atoms with van der Waals surface area (Å²) >= 11 is 0. The first-order valence-electron chi connectivity index (χ1n) is 10.9. The number of hydrogen-bond acceptors (Lipinski definition) is 3. The number of carbonyl (C=O) groups is 2. The quantitative estimate of drug-likeness (QED) is 0.372. The van der Waals surface area contributed by atoms with E-state index < -0.39 is 23.2 Å². The van der Waals surface area contributed by atoms with E-state index in [9.17, 15) is 14.7 Å². The molecular weight excluding hydrogens is 426 g/mol. The third kappa shape index (κ3) is 4.28. The molecule has 4 aromatic rings. The van der Waals surface area contributed by atoms with Crippen molar-refractivity contribution in [2.45, 2.75) is 11.3 Å². The minimum atomic E-state index is -1.67. The van der Waals surface area contributed by atoms with Crippen molar-refractivity contribution < 1.29 is 19.4 Å². The third-order valence-electron chi connectivity index (χ3n) is 5.98. The molecule has 0 aliphatic rings. The van der Waals surface area contributed by atoms with E-state index >= 15 is 0 Å². The molecule has 170 valence electrons. The third-order valence-corrected chi connectivity index (χ3v) is 5.98. The lowest BCUT2D eigenvalue weighted by atomic mass is 9.63. The van der Waals surface area contributed by atoms with Gasteiger partial charge in [0, 0.05) is 5.69 Å². The molecule has 1 atom stereocenters. The molecule has 5 heteroatoms. The lowest BCUT2D eigenvalue weighted by molar-refractivity contribution is -0.145. The van der Waals surface area contributed by atoms with Crippen molar-refractivity contribution in [3.63, 3.8) is 0 Å². The summed E-state index contributed by atoms with van der Waals surface area (Å²) in [6.07, 6.45) is 0. The van der Waals surface area contributed by atoms with Crippen LogP contribution in [-0.4, -0.2) is 24.1 Å². The van der Waals surface area contributed by atoms with E-state index in [1.165, 1.54) is 0 Å². The smallest absolute Gasteiger partial charge is 0.319 e. The summed E-state index contributed by atoms with van der Waals surface area (Å²) in [5.74, 6) is -1.93. The van der Waals surface area contributed by atoms with Crippen molar-refractivity contribution in [3.05, 3.63) is 132 Å². The number of carboxylic acid groups (broad SMARTS) is 1. The van der Waals surface area contributed by atoms with Gasteiger partial charge in [-0.15, -0.1) is 0 Å². The molecule has 2 N–H and O–H groups in total. The maximum absolute atomic E-state index is 14.0. The summed E-state index contributed by atoms with van der Waals surface area (Å²) in [5.41, 5.74) is 0.524. The van der Waals surface area contributed by atoms with E-state index in [0.717, 1.165) is 0 Å². The monoisotopic (exact) mass is 451 g/mol. The molecule has 0 spiro atoms. The Bertz CT molecular complexity index is 1200. The molecule has 1 unspecified atom stereocenters. The molecular formula is C29H25NO4. The number of ether oxygens (including phenoxy) is 1. The molecule has 4 aromatic carbocycles. The summed E-state index contributed by atoms with van der Waals surface area (Å²) in [6, 6.07) is 33.9. The van der Waals surface area contributed by atoms with Gasteiger partial charge in [-0.1, -0.05) is 91.0 Å². The predicted octanol–water partition coefficient (Wildman–Crippen LogP) is 5.49. The van der Waals surface area contributed by atoms with Crippen LogP contribution in [0.25, 0.3) is 0 Å². The van der Waals surface area contributed by atoms with Crippen molar-refractivity contribution in [2.24, 2.45) is 0 Å². The van der Waals surface area contributed by atoms with Crippen LogP contribution in [0.2, 0.25) is 0 Å². The summed E-state index contributed by atoms with van der Waals surface area (Å²) in [4.78, 5) is 27.2. The molecule has 0 bridgehead atoms. The van der Waals surface area contributed by atoms with E-state index in [1.54, 1.807) is 92.0 Å². The number of rotatable bonds is 8. The fourth-order valence-electron chi connectivity index (χ4n) is 4.40. The molecule has 0 aliphatic heterocycles. The van der Waals surface area contributed by atoms with Gasteiger partial charge in [-0.3, -0.25) is 9.59 Å². The number of benzene rings is 4. The molecule has 0 fully saturated rings.